The van der Waals surface area contributed by atoms with Gasteiger partial charge in [-0.1, -0.05) is 0 Å². The van der Waals surface area contributed by atoms with E-state index in [0.29, 0.717) is 13.0 Å². The molecule has 5 nitrogen and oxygen atoms in total. The Kier molecular flexibility index (Phi) is 2.29. The zero-order chi connectivity index (χ0) is 11.1. The van der Waals surface area contributed by atoms with E-state index in [2.05, 4.69) is 15.4 Å². The summed E-state index contributed by atoms with van der Waals surface area (Å²) in [6, 6.07) is -0.204. The van der Waals surface area contributed by atoms with Crippen molar-refractivity contribution in [2.75, 3.05) is 18.4 Å². The SMILES string of the molecule is NCC1CCNc2nc(C(F)(F)F)nn21. The Hall–Kier alpha value is -1.31. The van der Waals surface area contributed by atoms with Crippen molar-refractivity contribution in [2.45, 2.75) is 18.6 Å². The molecule has 0 spiro atoms. The Morgan fingerprint density at radius 1 is 1.53 bits per heavy atom. The molecule has 3 N–H and O–H groups in total. The lowest BCUT2D eigenvalue weighted by Gasteiger charge is -2.22. The van der Waals surface area contributed by atoms with Crippen LogP contribution in [-0.2, 0) is 6.18 Å². The fourth-order valence-corrected chi connectivity index (χ4v) is 1.51. The van der Waals surface area contributed by atoms with Gasteiger partial charge in [-0.2, -0.15) is 18.2 Å². The Balaban J connectivity index is 2.37. The Labute approximate surface area is 83.5 Å². The average Bonchev–Trinajstić information content (AvgIpc) is 2.59. The normalized spacial score (nSPS) is 20.9. The van der Waals surface area contributed by atoms with Crippen LogP contribution in [0, 0.1) is 0 Å². The summed E-state index contributed by atoms with van der Waals surface area (Å²) in [7, 11) is 0. The molecule has 0 amide bonds. The highest BCUT2D eigenvalue weighted by Gasteiger charge is 2.38. The Morgan fingerprint density at radius 3 is 2.87 bits per heavy atom. The molecule has 1 aliphatic heterocycles. The highest BCUT2D eigenvalue weighted by molar-refractivity contribution is 5.28. The molecule has 0 saturated carbocycles. The second kappa shape index (κ2) is 3.37. The molecular weight excluding hydrogens is 211 g/mol. The van der Waals surface area contributed by atoms with Gasteiger partial charge < -0.3 is 11.1 Å². The largest absolute Gasteiger partial charge is 0.453 e. The number of halogens is 3. The van der Waals surface area contributed by atoms with Crippen LogP contribution in [0.15, 0.2) is 0 Å². The number of fused-ring (bicyclic) bond motifs is 1. The summed E-state index contributed by atoms with van der Waals surface area (Å²) in [5.41, 5.74) is 5.44. The van der Waals surface area contributed by atoms with Crippen molar-refractivity contribution in [3.8, 4) is 0 Å². The van der Waals surface area contributed by atoms with E-state index >= 15 is 0 Å². The van der Waals surface area contributed by atoms with Crippen LogP contribution in [0.2, 0.25) is 0 Å². The first-order valence-electron chi connectivity index (χ1n) is 4.50. The van der Waals surface area contributed by atoms with Gasteiger partial charge in [0.25, 0.3) is 5.82 Å². The summed E-state index contributed by atoms with van der Waals surface area (Å²) < 4.78 is 38.1. The third-order valence-electron chi connectivity index (χ3n) is 2.26. The van der Waals surface area contributed by atoms with Crippen molar-refractivity contribution in [3.63, 3.8) is 0 Å². The first kappa shape index (κ1) is 10.2. The van der Waals surface area contributed by atoms with Crippen LogP contribution >= 0.6 is 0 Å². The highest BCUT2D eigenvalue weighted by atomic mass is 19.4. The number of nitrogens with two attached hydrogens (primary N) is 1. The van der Waals surface area contributed by atoms with Gasteiger partial charge in [0.15, 0.2) is 0 Å². The van der Waals surface area contributed by atoms with E-state index in [1.54, 1.807) is 0 Å². The Bertz CT molecular complexity index is 358. The van der Waals surface area contributed by atoms with Crippen molar-refractivity contribution < 1.29 is 13.2 Å². The van der Waals surface area contributed by atoms with E-state index < -0.39 is 12.0 Å². The molecule has 2 heterocycles. The van der Waals surface area contributed by atoms with Gasteiger partial charge in [0.1, 0.15) is 0 Å². The minimum atomic E-state index is -4.51. The summed E-state index contributed by atoms with van der Waals surface area (Å²) in [6.45, 7) is 0.827. The molecule has 1 aromatic heterocycles. The molecule has 0 aromatic carbocycles. The quantitative estimate of drug-likeness (QED) is 0.729. The third-order valence-corrected chi connectivity index (χ3v) is 2.26. The number of hydrogen-bond acceptors (Lipinski definition) is 4. The summed E-state index contributed by atoms with van der Waals surface area (Å²) >= 11 is 0. The lowest BCUT2D eigenvalue weighted by Crippen LogP contribution is -2.29. The molecule has 0 fully saturated rings. The van der Waals surface area contributed by atoms with E-state index in [-0.39, 0.29) is 18.5 Å². The van der Waals surface area contributed by atoms with Crippen LogP contribution in [0.1, 0.15) is 18.3 Å². The second-order valence-corrected chi connectivity index (χ2v) is 3.31. The standard InChI is InChI=1S/C7H10F3N5/c8-7(9,10)5-13-6-12-2-1-4(3-11)15(6)14-5/h4H,1-3,11H2,(H,12,13,14). The zero-order valence-corrected chi connectivity index (χ0v) is 7.75. The number of anilines is 1. The number of hydrogen-bond donors (Lipinski definition) is 2. The molecule has 8 heteroatoms. The maximum atomic E-state index is 12.3. The first-order valence-corrected chi connectivity index (χ1v) is 4.50. The Morgan fingerprint density at radius 2 is 2.27 bits per heavy atom. The topological polar surface area (TPSA) is 68.8 Å². The summed E-state index contributed by atoms with van der Waals surface area (Å²) in [6.07, 6.45) is -3.85. The fourth-order valence-electron chi connectivity index (χ4n) is 1.51. The monoisotopic (exact) mass is 221 g/mol. The van der Waals surface area contributed by atoms with E-state index in [1.165, 1.54) is 4.68 Å². The van der Waals surface area contributed by atoms with E-state index in [4.69, 9.17) is 5.73 Å². The third kappa shape index (κ3) is 1.76. The number of alkyl halides is 3. The predicted molar refractivity (Wildman–Crippen MR) is 46.2 cm³/mol. The van der Waals surface area contributed by atoms with Crippen LogP contribution in [-0.4, -0.2) is 27.9 Å². The van der Waals surface area contributed by atoms with Gasteiger partial charge in [0.05, 0.1) is 6.04 Å². The maximum absolute atomic E-state index is 12.3. The van der Waals surface area contributed by atoms with Gasteiger partial charge in [-0.15, -0.1) is 5.10 Å². The molecule has 15 heavy (non-hydrogen) atoms. The summed E-state index contributed by atoms with van der Waals surface area (Å²) in [4.78, 5) is 3.38. The van der Waals surface area contributed by atoms with Crippen molar-refractivity contribution in [2.24, 2.45) is 5.73 Å². The van der Waals surface area contributed by atoms with Crippen LogP contribution in [0.25, 0.3) is 0 Å². The molecule has 1 unspecified atom stereocenters. The van der Waals surface area contributed by atoms with E-state index in [1.807, 2.05) is 0 Å². The molecule has 0 radical (unpaired) electrons. The first-order chi connectivity index (χ1) is 7.02. The van der Waals surface area contributed by atoms with Crippen LogP contribution < -0.4 is 11.1 Å². The predicted octanol–water partition coefficient (Wildman–Crippen LogP) is 0.612. The minimum Gasteiger partial charge on any atom is -0.354 e. The van der Waals surface area contributed by atoms with E-state index in [9.17, 15) is 13.2 Å². The zero-order valence-electron chi connectivity index (χ0n) is 7.75. The van der Waals surface area contributed by atoms with Crippen molar-refractivity contribution in [1.29, 1.82) is 0 Å². The molecule has 84 valence electrons. The maximum Gasteiger partial charge on any atom is 0.453 e. The van der Waals surface area contributed by atoms with Gasteiger partial charge in [-0.05, 0) is 6.42 Å². The number of nitrogens with zero attached hydrogens (tertiary/aromatic N) is 3. The van der Waals surface area contributed by atoms with Gasteiger partial charge >= 0.3 is 6.18 Å². The van der Waals surface area contributed by atoms with Crippen molar-refractivity contribution in [3.05, 3.63) is 5.82 Å². The summed E-state index contributed by atoms with van der Waals surface area (Å²) in [5, 5.41) is 6.17. The van der Waals surface area contributed by atoms with Gasteiger partial charge in [-0.3, -0.25) is 0 Å². The number of aromatic nitrogens is 3. The number of nitrogens with one attached hydrogen (secondary N) is 1. The van der Waals surface area contributed by atoms with Crippen LogP contribution in [0.5, 0.6) is 0 Å². The average molecular weight is 221 g/mol. The van der Waals surface area contributed by atoms with Gasteiger partial charge in [0, 0.05) is 13.1 Å². The molecule has 1 aromatic rings. The number of rotatable bonds is 1. The molecule has 0 aliphatic carbocycles. The minimum absolute atomic E-state index is 0.143. The fraction of sp³-hybridized carbons (Fsp3) is 0.714. The summed E-state index contributed by atoms with van der Waals surface area (Å²) in [5.74, 6) is -0.977. The van der Waals surface area contributed by atoms with Gasteiger partial charge in [0.2, 0.25) is 5.95 Å². The molecule has 2 rings (SSSR count). The van der Waals surface area contributed by atoms with Crippen LogP contribution in [0.3, 0.4) is 0 Å². The highest BCUT2D eigenvalue weighted by Crippen LogP contribution is 2.30. The molecular formula is C7H10F3N5. The van der Waals surface area contributed by atoms with Crippen molar-refractivity contribution >= 4 is 5.95 Å². The smallest absolute Gasteiger partial charge is 0.354 e. The molecule has 0 saturated heterocycles. The second-order valence-electron chi connectivity index (χ2n) is 3.31. The molecule has 0 bridgehead atoms. The molecule has 1 atom stereocenters. The van der Waals surface area contributed by atoms with E-state index in [0.717, 1.165) is 0 Å². The molecule has 1 aliphatic rings. The lowest BCUT2D eigenvalue weighted by atomic mass is 10.2. The lowest BCUT2D eigenvalue weighted by molar-refractivity contribution is -0.145. The van der Waals surface area contributed by atoms with Gasteiger partial charge in [-0.25, -0.2) is 4.68 Å². The van der Waals surface area contributed by atoms with Crippen LogP contribution in [0.4, 0.5) is 19.1 Å². The van der Waals surface area contributed by atoms with Crippen molar-refractivity contribution in [1.82, 2.24) is 14.8 Å².